The largest absolute Gasteiger partial charge is 0.488 e. The van der Waals surface area contributed by atoms with Gasteiger partial charge in [0.15, 0.2) is 0 Å². The van der Waals surface area contributed by atoms with Gasteiger partial charge >= 0.3 is 0 Å². The van der Waals surface area contributed by atoms with Crippen LogP contribution in [0.1, 0.15) is 11.1 Å². The molecule has 0 bridgehead atoms. The minimum Gasteiger partial charge on any atom is -0.488 e. The van der Waals surface area contributed by atoms with Gasteiger partial charge in [0.25, 0.3) is 0 Å². The van der Waals surface area contributed by atoms with Crippen molar-refractivity contribution in [1.29, 1.82) is 0 Å². The first-order chi connectivity index (χ1) is 9.63. The molecule has 1 unspecified atom stereocenters. The summed E-state index contributed by atoms with van der Waals surface area (Å²) < 4.78 is 19.2. The molecule has 0 amide bonds. The fraction of sp³-hybridized carbons (Fsp3) is 0.250. The van der Waals surface area contributed by atoms with E-state index in [2.05, 4.69) is 11.4 Å². The number of anilines is 2. The van der Waals surface area contributed by atoms with Gasteiger partial charge in [0.2, 0.25) is 0 Å². The molecule has 3 rings (SSSR count). The van der Waals surface area contributed by atoms with Crippen LogP contribution in [0.25, 0.3) is 0 Å². The summed E-state index contributed by atoms with van der Waals surface area (Å²) in [7, 11) is 0. The zero-order valence-corrected chi connectivity index (χ0v) is 11.3. The molecule has 3 N–H and O–H groups in total. The Kier molecular flexibility index (Phi) is 3.22. The van der Waals surface area contributed by atoms with Crippen molar-refractivity contribution in [2.75, 3.05) is 17.6 Å². The van der Waals surface area contributed by atoms with E-state index in [1.807, 2.05) is 18.2 Å². The number of para-hydroxylation sites is 1. The van der Waals surface area contributed by atoms with Crippen molar-refractivity contribution in [3.8, 4) is 5.75 Å². The molecule has 0 fully saturated rings. The van der Waals surface area contributed by atoms with Gasteiger partial charge in [-0.05, 0) is 36.2 Å². The lowest BCUT2D eigenvalue weighted by Gasteiger charge is -2.15. The highest BCUT2D eigenvalue weighted by atomic mass is 19.1. The average Bonchev–Trinajstić information content (AvgIpc) is 2.84. The molecule has 0 saturated carbocycles. The Balaban J connectivity index is 1.66. The van der Waals surface area contributed by atoms with Crippen molar-refractivity contribution in [2.24, 2.45) is 0 Å². The molecular formula is C16H17FN2O. The summed E-state index contributed by atoms with van der Waals surface area (Å²) in [6.45, 7) is 2.37. The Bertz CT molecular complexity index is 617. The molecule has 0 aliphatic carbocycles. The molecule has 1 heterocycles. The van der Waals surface area contributed by atoms with Gasteiger partial charge in [0, 0.05) is 6.42 Å². The number of aryl methyl sites for hydroxylation is 1. The molecule has 2 aromatic carbocycles. The van der Waals surface area contributed by atoms with Gasteiger partial charge < -0.3 is 15.8 Å². The van der Waals surface area contributed by atoms with E-state index < -0.39 is 0 Å². The van der Waals surface area contributed by atoms with Crippen LogP contribution >= 0.6 is 0 Å². The van der Waals surface area contributed by atoms with Crippen LogP contribution in [-0.4, -0.2) is 12.6 Å². The summed E-state index contributed by atoms with van der Waals surface area (Å²) in [5.74, 6) is 0.667. The molecule has 4 heteroatoms. The standard InChI is InChI=1S/C16H17FN2O/c1-10-6-15(14(18)8-13(10)17)19-9-12-7-11-4-2-3-5-16(11)20-12/h2-6,8,12,19H,7,9,18H2,1H3. The van der Waals surface area contributed by atoms with Crippen LogP contribution in [0.2, 0.25) is 0 Å². The molecule has 104 valence electrons. The second kappa shape index (κ2) is 5.04. The highest BCUT2D eigenvalue weighted by Gasteiger charge is 2.22. The van der Waals surface area contributed by atoms with E-state index in [1.165, 1.54) is 11.6 Å². The van der Waals surface area contributed by atoms with Crippen LogP contribution in [-0.2, 0) is 6.42 Å². The molecule has 0 radical (unpaired) electrons. The van der Waals surface area contributed by atoms with Gasteiger partial charge in [-0.2, -0.15) is 0 Å². The molecule has 3 nitrogen and oxygen atoms in total. The number of nitrogens with one attached hydrogen (secondary N) is 1. The predicted molar refractivity (Wildman–Crippen MR) is 78.6 cm³/mol. The first-order valence-electron chi connectivity index (χ1n) is 6.67. The predicted octanol–water partition coefficient (Wildman–Crippen LogP) is 3.13. The Morgan fingerprint density at radius 3 is 2.95 bits per heavy atom. The Labute approximate surface area is 117 Å². The van der Waals surface area contributed by atoms with Crippen LogP contribution in [0.4, 0.5) is 15.8 Å². The molecule has 0 saturated heterocycles. The monoisotopic (exact) mass is 272 g/mol. The zero-order chi connectivity index (χ0) is 14.1. The maximum absolute atomic E-state index is 13.3. The Hall–Kier alpha value is -2.23. The summed E-state index contributed by atoms with van der Waals surface area (Å²) in [5, 5.41) is 3.24. The average molecular weight is 272 g/mol. The number of halogens is 1. The van der Waals surface area contributed by atoms with Gasteiger partial charge in [-0.25, -0.2) is 4.39 Å². The van der Waals surface area contributed by atoms with E-state index in [4.69, 9.17) is 10.5 Å². The summed E-state index contributed by atoms with van der Waals surface area (Å²) in [6.07, 6.45) is 0.959. The van der Waals surface area contributed by atoms with Crippen LogP contribution in [0.15, 0.2) is 36.4 Å². The Morgan fingerprint density at radius 2 is 2.15 bits per heavy atom. The van der Waals surface area contributed by atoms with Gasteiger partial charge in [0.1, 0.15) is 17.7 Å². The molecule has 0 aromatic heterocycles. The maximum atomic E-state index is 13.3. The minimum atomic E-state index is -0.280. The Morgan fingerprint density at radius 1 is 1.35 bits per heavy atom. The lowest BCUT2D eigenvalue weighted by Crippen LogP contribution is -2.24. The van der Waals surface area contributed by atoms with Gasteiger partial charge in [-0.1, -0.05) is 18.2 Å². The van der Waals surface area contributed by atoms with Gasteiger partial charge in [-0.15, -0.1) is 0 Å². The van der Waals surface area contributed by atoms with Crippen molar-refractivity contribution in [2.45, 2.75) is 19.4 Å². The molecule has 1 aliphatic heterocycles. The molecule has 1 aliphatic rings. The van der Waals surface area contributed by atoms with Crippen LogP contribution in [0, 0.1) is 12.7 Å². The number of nitrogen functional groups attached to an aromatic ring is 1. The first-order valence-corrected chi connectivity index (χ1v) is 6.67. The van der Waals surface area contributed by atoms with E-state index >= 15 is 0 Å². The number of hydrogen-bond acceptors (Lipinski definition) is 3. The van der Waals surface area contributed by atoms with Crippen LogP contribution in [0.3, 0.4) is 0 Å². The number of hydrogen-bond donors (Lipinski definition) is 2. The van der Waals surface area contributed by atoms with E-state index in [1.54, 1.807) is 13.0 Å². The molecule has 0 spiro atoms. The third-order valence-electron chi connectivity index (χ3n) is 3.56. The lowest BCUT2D eigenvalue weighted by molar-refractivity contribution is 0.246. The molecular weight excluding hydrogens is 255 g/mol. The van der Waals surface area contributed by atoms with E-state index in [0.717, 1.165) is 17.9 Å². The number of nitrogens with two attached hydrogens (primary N) is 1. The smallest absolute Gasteiger partial charge is 0.128 e. The van der Waals surface area contributed by atoms with E-state index in [0.29, 0.717) is 17.8 Å². The zero-order valence-electron chi connectivity index (χ0n) is 11.3. The highest BCUT2D eigenvalue weighted by Crippen LogP contribution is 2.29. The van der Waals surface area contributed by atoms with Crippen molar-refractivity contribution < 1.29 is 9.13 Å². The number of fused-ring (bicyclic) bond motifs is 1. The topological polar surface area (TPSA) is 47.3 Å². The molecule has 2 aromatic rings. The number of benzene rings is 2. The summed E-state index contributed by atoms with van der Waals surface area (Å²) in [5.41, 5.74) is 8.79. The SMILES string of the molecule is Cc1cc(NCC2Cc3ccccc3O2)c(N)cc1F. The van der Waals surface area contributed by atoms with Crippen molar-refractivity contribution in [3.05, 3.63) is 53.3 Å². The fourth-order valence-electron chi connectivity index (χ4n) is 2.44. The number of rotatable bonds is 3. The quantitative estimate of drug-likeness (QED) is 0.844. The lowest BCUT2D eigenvalue weighted by atomic mass is 10.1. The van der Waals surface area contributed by atoms with Crippen LogP contribution < -0.4 is 15.8 Å². The number of ether oxygens (including phenoxy) is 1. The van der Waals surface area contributed by atoms with Gasteiger partial charge in [0.05, 0.1) is 17.9 Å². The molecule has 20 heavy (non-hydrogen) atoms. The van der Waals surface area contributed by atoms with E-state index in [-0.39, 0.29) is 11.9 Å². The highest BCUT2D eigenvalue weighted by molar-refractivity contribution is 5.67. The second-order valence-corrected chi connectivity index (χ2v) is 5.12. The summed E-state index contributed by atoms with van der Waals surface area (Å²) in [4.78, 5) is 0. The third kappa shape index (κ3) is 2.41. The van der Waals surface area contributed by atoms with Crippen molar-refractivity contribution in [1.82, 2.24) is 0 Å². The van der Waals surface area contributed by atoms with Crippen LogP contribution in [0.5, 0.6) is 5.75 Å². The molecule has 1 atom stereocenters. The van der Waals surface area contributed by atoms with Crippen molar-refractivity contribution >= 4 is 11.4 Å². The normalized spacial score (nSPS) is 16.6. The first kappa shape index (κ1) is 12.8. The van der Waals surface area contributed by atoms with E-state index in [9.17, 15) is 4.39 Å². The van der Waals surface area contributed by atoms with Crippen molar-refractivity contribution in [3.63, 3.8) is 0 Å². The summed E-state index contributed by atoms with van der Waals surface area (Å²) in [6, 6.07) is 11.1. The summed E-state index contributed by atoms with van der Waals surface area (Å²) >= 11 is 0. The minimum absolute atomic E-state index is 0.0807. The fourth-order valence-corrected chi connectivity index (χ4v) is 2.44. The third-order valence-corrected chi connectivity index (χ3v) is 3.56. The maximum Gasteiger partial charge on any atom is 0.128 e. The second-order valence-electron chi connectivity index (χ2n) is 5.12. The van der Waals surface area contributed by atoms with Gasteiger partial charge in [-0.3, -0.25) is 0 Å².